The summed E-state index contributed by atoms with van der Waals surface area (Å²) in [6.07, 6.45) is 5.70. The third-order valence-electron chi connectivity index (χ3n) is 2.94. The topological polar surface area (TPSA) is 0 Å². The van der Waals surface area contributed by atoms with Crippen LogP contribution in [0.25, 0.3) is 6.08 Å². The lowest BCUT2D eigenvalue weighted by molar-refractivity contribution is 0.682. The quantitative estimate of drug-likeness (QED) is 0.607. The zero-order valence-electron chi connectivity index (χ0n) is 8.59. The predicted octanol–water partition coefficient (Wildman–Crippen LogP) is 3.55. The molecule has 1 aliphatic carbocycles. The molecule has 0 fully saturated rings. The Morgan fingerprint density at radius 3 is 2.69 bits per heavy atom. The van der Waals surface area contributed by atoms with E-state index in [1.807, 2.05) is 0 Å². The Labute approximate surface area is 80.3 Å². The highest BCUT2D eigenvalue weighted by molar-refractivity contribution is 5.67. The van der Waals surface area contributed by atoms with Gasteiger partial charge in [0.15, 0.2) is 0 Å². The van der Waals surface area contributed by atoms with Crippen molar-refractivity contribution in [1.82, 2.24) is 0 Å². The van der Waals surface area contributed by atoms with Crippen LogP contribution < -0.4 is 0 Å². The molecule has 0 aromatic heterocycles. The van der Waals surface area contributed by atoms with Gasteiger partial charge in [-0.05, 0) is 23.1 Å². The Morgan fingerprint density at radius 1 is 1.23 bits per heavy atom. The van der Waals surface area contributed by atoms with Crippen molar-refractivity contribution in [2.24, 2.45) is 0 Å². The summed E-state index contributed by atoms with van der Waals surface area (Å²) in [6.45, 7) is 6.76. The molecular formula is C13H16. The lowest BCUT2D eigenvalue weighted by Crippen LogP contribution is -2.10. The fourth-order valence-electron chi connectivity index (χ4n) is 2.06. The molecule has 0 saturated heterocycles. The van der Waals surface area contributed by atoms with E-state index in [0.29, 0.717) is 0 Å². The standard InChI is InChI=1S/C13H16/c1-4-10-6-5-7-12-11(10)8-9-13(12,2)3/h5-9H,4H2,1-3H3. The highest BCUT2D eigenvalue weighted by Crippen LogP contribution is 2.36. The van der Waals surface area contributed by atoms with Crippen LogP contribution in [-0.4, -0.2) is 0 Å². The monoisotopic (exact) mass is 172 g/mol. The summed E-state index contributed by atoms with van der Waals surface area (Å²) < 4.78 is 0. The van der Waals surface area contributed by atoms with Crippen molar-refractivity contribution < 1.29 is 0 Å². The van der Waals surface area contributed by atoms with Crippen molar-refractivity contribution in [2.45, 2.75) is 32.6 Å². The van der Waals surface area contributed by atoms with Crippen molar-refractivity contribution in [2.75, 3.05) is 0 Å². The number of hydrogen-bond acceptors (Lipinski definition) is 0. The Morgan fingerprint density at radius 2 is 2.00 bits per heavy atom. The predicted molar refractivity (Wildman–Crippen MR) is 57.9 cm³/mol. The molecule has 0 saturated carbocycles. The van der Waals surface area contributed by atoms with Crippen LogP contribution in [0.15, 0.2) is 24.3 Å². The lowest BCUT2D eigenvalue weighted by atomic mass is 9.86. The van der Waals surface area contributed by atoms with Crippen LogP contribution in [0, 0.1) is 0 Å². The Hall–Kier alpha value is -1.04. The first-order valence-electron chi connectivity index (χ1n) is 4.97. The molecule has 2 rings (SSSR count). The van der Waals surface area contributed by atoms with Gasteiger partial charge in [0.25, 0.3) is 0 Å². The fraction of sp³-hybridized carbons (Fsp3) is 0.385. The summed E-state index contributed by atoms with van der Waals surface area (Å²) in [6, 6.07) is 6.64. The second-order valence-corrected chi connectivity index (χ2v) is 4.29. The van der Waals surface area contributed by atoms with Gasteiger partial charge in [-0.25, -0.2) is 0 Å². The van der Waals surface area contributed by atoms with E-state index in [2.05, 4.69) is 51.1 Å². The van der Waals surface area contributed by atoms with Crippen LogP contribution in [0.4, 0.5) is 0 Å². The van der Waals surface area contributed by atoms with Crippen molar-refractivity contribution in [3.8, 4) is 0 Å². The molecule has 0 heteroatoms. The Kier molecular flexibility index (Phi) is 1.80. The molecule has 1 aliphatic rings. The first-order chi connectivity index (χ1) is 6.15. The van der Waals surface area contributed by atoms with Crippen molar-refractivity contribution in [1.29, 1.82) is 0 Å². The summed E-state index contributed by atoms with van der Waals surface area (Å²) in [5.41, 5.74) is 4.64. The van der Waals surface area contributed by atoms with Crippen LogP contribution in [0.5, 0.6) is 0 Å². The molecule has 0 aliphatic heterocycles. The molecule has 0 unspecified atom stereocenters. The molecular weight excluding hydrogens is 156 g/mol. The van der Waals surface area contributed by atoms with Gasteiger partial charge < -0.3 is 0 Å². The zero-order valence-corrected chi connectivity index (χ0v) is 8.59. The van der Waals surface area contributed by atoms with E-state index < -0.39 is 0 Å². The van der Waals surface area contributed by atoms with Gasteiger partial charge in [-0.15, -0.1) is 0 Å². The molecule has 0 spiro atoms. The number of hydrogen-bond donors (Lipinski definition) is 0. The lowest BCUT2D eigenvalue weighted by Gasteiger charge is -2.18. The molecule has 0 nitrogen and oxygen atoms in total. The highest BCUT2D eigenvalue weighted by atomic mass is 14.3. The zero-order chi connectivity index (χ0) is 9.47. The highest BCUT2D eigenvalue weighted by Gasteiger charge is 2.25. The summed E-state index contributed by atoms with van der Waals surface area (Å²) in [7, 11) is 0. The second-order valence-electron chi connectivity index (χ2n) is 4.29. The van der Waals surface area contributed by atoms with E-state index >= 15 is 0 Å². The van der Waals surface area contributed by atoms with Gasteiger partial charge in [-0.1, -0.05) is 51.1 Å². The van der Waals surface area contributed by atoms with Crippen LogP contribution in [-0.2, 0) is 11.8 Å². The van der Waals surface area contributed by atoms with Gasteiger partial charge in [-0.3, -0.25) is 0 Å². The van der Waals surface area contributed by atoms with Crippen molar-refractivity contribution in [3.63, 3.8) is 0 Å². The van der Waals surface area contributed by atoms with Crippen molar-refractivity contribution in [3.05, 3.63) is 41.0 Å². The minimum absolute atomic E-state index is 0.237. The minimum Gasteiger partial charge on any atom is -0.0738 e. The van der Waals surface area contributed by atoms with E-state index in [1.165, 1.54) is 16.7 Å². The number of allylic oxidation sites excluding steroid dienone is 1. The van der Waals surface area contributed by atoms with E-state index in [-0.39, 0.29) is 5.41 Å². The normalized spacial score (nSPS) is 17.5. The van der Waals surface area contributed by atoms with Gasteiger partial charge in [0.05, 0.1) is 0 Å². The van der Waals surface area contributed by atoms with E-state index in [0.717, 1.165) is 6.42 Å². The molecule has 13 heavy (non-hydrogen) atoms. The second kappa shape index (κ2) is 2.73. The summed E-state index contributed by atoms with van der Waals surface area (Å²) >= 11 is 0. The smallest absolute Gasteiger partial charge is 0.00846 e. The number of fused-ring (bicyclic) bond motifs is 1. The molecule has 0 heterocycles. The molecule has 0 amide bonds. The van der Waals surface area contributed by atoms with E-state index in [1.54, 1.807) is 0 Å². The first-order valence-corrected chi connectivity index (χ1v) is 4.97. The SMILES string of the molecule is CCc1cccc2c1C=CC2(C)C. The van der Waals surface area contributed by atoms with Crippen molar-refractivity contribution >= 4 is 6.08 Å². The van der Waals surface area contributed by atoms with Crippen LogP contribution in [0.2, 0.25) is 0 Å². The summed E-state index contributed by atoms with van der Waals surface area (Å²) in [5.74, 6) is 0. The van der Waals surface area contributed by atoms with Gasteiger partial charge >= 0.3 is 0 Å². The number of rotatable bonds is 1. The molecule has 0 atom stereocenters. The largest absolute Gasteiger partial charge is 0.0738 e. The maximum atomic E-state index is 2.30. The van der Waals surface area contributed by atoms with Gasteiger partial charge in [0, 0.05) is 5.41 Å². The molecule has 0 N–H and O–H groups in total. The van der Waals surface area contributed by atoms with Gasteiger partial charge in [0.2, 0.25) is 0 Å². The van der Waals surface area contributed by atoms with E-state index in [4.69, 9.17) is 0 Å². The average molecular weight is 172 g/mol. The molecule has 0 bridgehead atoms. The minimum atomic E-state index is 0.237. The Bertz CT molecular complexity index is 356. The van der Waals surface area contributed by atoms with Gasteiger partial charge in [0.1, 0.15) is 0 Å². The first kappa shape index (κ1) is 8.55. The molecule has 1 aromatic carbocycles. The van der Waals surface area contributed by atoms with Crippen LogP contribution >= 0.6 is 0 Å². The number of aryl methyl sites for hydroxylation is 1. The maximum Gasteiger partial charge on any atom is 0.00846 e. The molecule has 1 aromatic rings. The maximum absolute atomic E-state index is 2.30. The molecule has 68 valence electrons. The third-order valence-corrected chi connectivity index (χ3v) is 2.94. The third kappa shape index (κ3) is 1.21. The Balaban J connectivity index is 2.62. The number of benzene rings is 1. The summed E-state index contributed by atoms with van der Waals surface area (Å²) in [5, 5.41) is 0. The van der Waals surface area contributed by atoms with E-state index in [9.17, 15) is 0 Å². The van der Waals surface area contributed by atoms with Crippen LogP contribution in [0.3, 0.4) is 0 Å². The average Bonchev–Trinajstić information content (AvgIpc) is 2.43. The molecule has 0 radical (unpaired) electrons. The van der Waals surface area contributed by atoms with Crippen LogP contribution in [0.1, 0.15) is 37.5 Å². The van der Waals surface area contributed by atoms with Gasteiger partial charge in [-0.2, -0.15) is 0 Å². The summed E-state index contributed by atoms with van der Waals surface area (Å²) in [4.78, 5) is 0. The fourth-order valence-corrected chi connectivity index (χ4v) is 2.06.